The van der Waals surface area contributed by atoms with Gasteiger partial charge in [-0.2, -0.15) is 0 Å². The van der Waals surface area contributed by atoms with Crippen LogP contribution in [0.25, 0.3) is 0 Å². The van der Waals surface area contributed by atoms with E-state index in [1.807, 2.05) is 11.8 Å². The lowest BCUT2D eigenvalue weighted by molar-refractivity contribution is 0.225. The molecule has 0 bridgehead atoms. The summed E-state index contributed by atoms with van der Waals surface area (Å²) in [5.41, 5.74) is 3.11. The molecule has 2 aliphatic heterocycles. The van der Waals surface area contributed by atoms with E-state index < -0.39 is 0 Å². The highest BCUT2D eigenvalue weighted by Crippen LogP contribution is 2.40. The van der Waals surface area contributed by atoms with Crippen molar-refractivity contribution in [3.05, 3.63) is 35.4 Å². The van der Waals surface area contributed by atoms with Crippen LogP contribution in [0.5, 0.6) is 0 Å². The first-order valence-corrected chi connectivity index (χ1v) is 7.69. The topological polar surface area (TPSA) is 3.24 Å². The molecule has 0 N–H and O–H groups in total. The number of benzene rings is 1. The quantitative estimate of drug-likeness (QED) is 0.739. The predicted molar refractivity (Wildman–Crippen MR) is 69.2 cm³/mol. The van der Waals surface area contributed by atoms with Crippen LogP contribution in [0.3, 0.4) is 0 Å². The average molecular weight is 237 g/mol. The summed E-state index contributed by atoms with van der Waals surface area (Å²) in [5, 5.41) is 0. The molecule has 0 radical (unpaired) electrons. The first kappa shape index (κ1) is 10.1. The van der Waals surface area contributed by atoms with Crippen LogP contribution in [0.1, 0.15) is 11.1 Å². The Morgan fingerprint density at radius 3 is 2.93 bits per heavy atom. The highest BCUT2D eigenvalue weighted by Gasteiger charge is 2.36. The molecular weight excluding hydrogens is 222 g/mol. The minimum Gasteiger partial charge on any atom is -0.275 e. The first-order valence-electron chi connectivity index (χ1n) is 5.35. The summed E-state index contributed by atoms with van der Waals surface area (Å²) >= 11 is 4.09. The van der Waals surface area contributed by atoms with Crippen LogP contribution < -0.4 is 0 Å². The summed E-state index contributed by atoms with van der Waals surface area (Å²) in [6.45, 7) is 1.15. The Hall–Kier alpha value is -0.120. The van der Waals surface area contributed by atoms with E-state index in [0.717, 1.165) is 12.6 Å². The Morgan fingerprint density at radius 2 is 2.13 bits per heavy atom. The first-order chi connectivity index (χ1) is 7.38. The van der Waals surface area contributed by atoms with Gasteiger partial charge in [-0.25, -0.2) is 0 Å². The van der Waals surface area contributed by atoms with Gasteiger partial charge >= 0.3 is 0 Å². The minimum atomic E-state index is 0.684. The van der Waals surface area contributed by atoms with Crippen molar-refractivity contribution in [2.45, 2.75) is 23.7 Å². The van der Waals surface area contributed by atoms with Crippen LogP contribution in [0.2, 0.25) is 0 Å². The maximum atomic E-state index is 2.66. The third kappa shape index (κ3) is 1.71. The summed E-state index contributed by atoms with van der Waals surface area (Å²) in [6, 6.07) is 9.69. The second kappa shape index (κ2) is 4.04. The van der Waals surface area contributed by atoms with Gasteiger partial charge in [-0.1, -0.05) is 24.3 Å². The van der Waals surface area contributed by atoms with Gasteiger partial charge in [-0.15, -0.1) is 23.5 Å². The van der Waals surface area contributed by atoms with E-state index in [1.165, 1.54) is 17.7 Å². The fourth-order valence-corrected chi connectivity index (χ4v) is 4.93. The maximum Gasteiger partial charge on any atom is 0.103 e. The summed E-state index contributed by atoms with van der Waals surface area (Å²) in [4.78, 5) is 2.66. The van der Waals surface area contributed by atoms with Gasteiger partial charge in [0.1, 0.15) is 4.71 Å². The van der Waals surface area contributed by atoms with Gasteiger partial charge in [-0.05, 0) is 23.8 Å². The highest BCUT2D eigenvalue weighted by molar-refractivity contribution is 8.16. The molecule has 2 heterocycles. The Balaban J connectivity index is 1.90. The van der Waals surface area contributed by atoms with Gasteiger partial charge in [0.05, 0.1) is 0 Å². The van der Waals surface area contributed by atoms with Gasteiger partial charge in [-0.3, -0.25) is 4.90 Å². The molecule has 1 aromatic rings. The molecule has 0 saturated carbocycles. The molecule has 1 nitrogen and oxygen atoms in total. The molecule has 0 aliphatic carbocycles. The molecule has 3 heteroatoms. The fourth-order valence-electron chi connectivity index (χ4n) is 2.50. The summed E-state index contributed by atoms with van der Waals surface area (Å²) < 4.78 is 0.684. The normalized spacial score (nSPS) is 29.9. The lowest BCUT2D eigenvalue weighted by Gasteiger charge is -2.33. The van der Waals surface area contributed by atoms with E-state index in [4.69, 9.17) is 0 Å². The average Bonchev–Trinajstić information content (AvgIpc) is 2.68. The van der Waals surface area contributed by atoms with Crippen LogP contribution in [0.15, 0.2) is 24.3 Å². The zero-order valence-corrected chi connectivity index (χ0v) is 10.5. The molecule has 2 unspecified atom stereocenters. The monoisotopic (exact) mass is 237 g/mol. The molecule has 80 valence electrons. The third-order valence-corrected chi connectivity index (χ3v) is 6.09. The molecule has 2 atom stereocenters. The van der Waals surface area contributed by atoms with Crippen molar-refractivity contribution in [3.8, 4) is 0 Å². The van der Waals surface area contributed by atoms with Crippen LogP contribution in [-0.2, 0) is 13.0 Å². The van der Waals surface area contributed by atoms with Gasteiger partial charge in [0.2, 0.25) is 0 Å². The summed E-state index contributed by atoms with van der Waals surface area (Å²) in [7, 11) is 0. The number of hydrogen-bond donors (Lipinski definition) is 0. The molecule has 0 amide bonds. The Morgan fingerprint density at radius 1 is 1.33 bits per heavy atom. The Kier molecular flexibility index (Phi) is 2.71. The van der Waals surface area contributed by atoms with Crippen molar-refractivity contribution < 1.29 is 0 Å². The van der Waals surface area contributed by atoms with Crippen molar-refractivity contribution in [3.63, 3.8) is 0 Å². The molecule has 0 aromatic heterocycles. The van der Waals surface area contributed by atoms with Crippen molar-refractivity contribution in [2.75, 3.05) is 12.0 Å². The van der Waals surface area contributed by atoms with E-state index in [9.17, 15) is 0 Å². The van der Waals surface area contributed by atoms with E-state index in [-0.39, 0.29) is 0 Å². The van der Waals surface area contributed by atoms with Gasteiger partial charge in [0, 0.05) is 18.3 Å². The zero-order valence-electron chi connectivity index (χ0n) is 8.85. The van der Waals surface area contributed by atoms with Crippen molar-refractivity contribution in [2.24, 2.45) is 0 Å². The molecule has 1 fully saturated rings. The van der Waals surface area contributed by atoms with Crippen LogP contribution in [-0.4, -0.2) is 27.7 Å². The van der Waals surface area contributed by atoms with E-state index in [1.54, 1.807) is 5.56 Å². The van der Waals surface area contributed by atoms with Gasteiger partial charge in [0.15, 0.2) is 0 Å². The molecule has 3 rings (SSSR count). The van der Waals surface area contributed by atoms with E-state index in [2.05, 4.69) is 47.2 Å². The second-order valence-corrected chi connectivity index (χ2v) is 6.50. The lowest BCUT2D eigenvalue weighted by atomic mass is 9.95. The van der Waals surface area contributed by atoms with E-state index in [0.29, 0.717) is 4.71 Å². The molecule has 0 spiro atoms. The number of thioether (sulfide) groups is 2. The van der Waals surface area contributed by atoms with Crippen molar-refractivity contribution in [1.82, 2.24) is 4.90 Å². The summed E-state index contributed by atoms with van der Waals surface area (Å²) in [5.74, 6) is 1.31. The number of nitrogens with zero attached hydrogens (tertiary/aromatic N) is 1. The highest BCUT2D eigenvalue weighted by atomic mass is 32.2. The smallest absolute Gasteiger partial charge is 0.103 e. The van der Waals surface area contributed by atoms with Gasteiger partial charge in [0.25, 0.3) is 0 Å². The molecule has 1 saturated heterocycles. The Labute approximate surface area is 99.6 Å². The largest absolute Gasteiger partial charge is 0.275 e. The predicted octanol–water partition coefficient (Wildman–Crippen LogP) is 2.81. The van der Waals surface area contributed by atoms with Gasteiger partial charge < -0.3 is 0 Å². The SMILES string of the molecule is CSC1SCC2Cc3ccccc3CN21. The molecule has 15 heavy (non-hydrogen) atoms. The van der Waals surface area contributed by atoms with Crippen molar-refractivity contribution in [1.29, 1.82) is 0 Å². The fraction of sp³-hybridized carbons (Fsp3) is 0.500. The van der Waals surface area contributed by atoms with Crippen LogP contribution >= 0.6 is 23.5 Å². The zero-order chi connectivity index (χ0) is 10.3. The van der Waals surface area contributed by atoms with Crippen LogP contribution in [0.4, 0.5) is 0 Å². The molecular formula is C12H15NS2. The van der Waals surface area contributed by atoms with Crippen molar-refractivity contribution >= 4 is 23.5 Å². The summed E-state index contributed by atoms with van der Waals surface area (Å²) in [6.07, 6.45) is 3.47. The lowest BCUT2D eigenvalue weighted by Crippen LogP contribution is -2.39. The Bertz CT molecular complexity index is 366. The number of fused-ring (bicyclic) bond motifs is 2. The molecule has 1 aromatic carbocycles. The second-order valence-electron chi connectivity index (χ2n) is 4.18. The third-order valence-electron chi connectivity index (χ3n) is 3.30. The number of hydrogen-bond acceptors (Lipinski definition) is 3. The van der Waals surface area contributed by atoms with E-state index >= 15 is 0 Å². The maximum absolute atomic E-state index is 2.66. The molecule has 2 aliphatic rings. The van der Waals surface area contributed by atoms with Crippen LogP contribution in [0, 0.1) is 0 Å². The number of rotatable bonds is 1. The minimum absolute atomic E-state index is 0.684. The standard InChI is InChI=1S/C12H15NS2/c1-14-12-13-7-10-5-3-2-4-9(10)6-11(13)8-15-12/h2-5,11-12H,6-8H2,1H3.